The van der Waals surface area contributed by atoms with E-state index in [1.807, 2.05) is 48.3 Å². The number of rotatable bonds is 4. The van der Waals surface area contributed by atoms with Crippen LogP contribution < -0.4 is 9.64 Å². The molecule has 0 atom stereocenters. The van der Waals surface area contributed by atoms with Gasteiger partial charge in [0.15, 0.2) is 0 Å². The molecule has 0 bridgehead atoms. The van der Waals surface area contributed by atoms with Crippen LogP contribution in [0.15, 0.2) is 42.5 Å². The topological polar surface area (TPSA) is 32.7 Å². The van der Waals surface area contributed by atoms with Gasteiger partial charge in [-0.05, 0) is 18.2 Å². The number of anilines is 1. The third-order valence-corrected chi connectivity index (χ3v) is 3.28. The second-order valence-electron chi connectivity index (χ2n) is 4.28. The largest absolute Gasteiger partial charge is 0.506 e. The highest BCUT2D eigenvalue weighted by molar-refractivity contribution is 6.32. The minimum atomic E-state index is 0.130. The van der Waals surface area contributed by atoms with Gasteiger partial charge in [-0.15, -0.1) is 0 Å². The van der Waals surface area contributed by atoms with Crippen LogP contribution in [0, 0.1) is 0 Å². The summed E-state index contributed by atoms with van der Waals surface area (Å²) < 4.78 is 5.33. The van der Waals surface area contributed by atoms with Gasteiger partial charge in [0.1, 0.15) is 11.5 Å². The van der Waals surface area contributed by atoms with E-state index in [4.69, 9.17) is 16.3 Å². The summed E-state index contributed by atoms with van der Waals surface area (Å²) in [6, 6.07) is 13.1. The lowest BCUT2D eigenvalue weighted by Crippen LogP contribution is -2.17. The van der Waals surface area contributed by atoms with E-state index in [0.29, 0.717) is 11.6 Å². The van der Waals surface area contributed by atoms with Crippen molar-refractivity contribution in [1.29, 1.82) is 0 Å². The number of hydrogen-bond acceptors (Lipinski definition) is 3. The minimum absolute atomic E-state index is 0.130. The maximum absolute atomic E-state index is 9.93. The molecular formula is C15H16ClNO2. The molecule has 19 heavy (non-hydrogen) atoms. The average molecular weight is 278 g/mol. The van der Waals surface area contributed by atoms with Crippen LogP contribution >= 0.6 is 11.6 Å². The zero-order chi connectivity index (χ0) is 13.8. The molecule has 1 N–H and O–H groups in total. The quantitative estimate of drug-likeness (QED) is 0.925. The molecule has 0 saturated carbocycles. The summed E-state index contributed by atoms with van der Waals surface area (Å²) in [7, 11) is 3.59. The van der Waals surface area contributed by atoms with Gasteiger partial charge in [0.2, 0.25) is 0 Å². The van der Waals surface area contributed by atoms with Gasteiger partial charge in [-0.1, -0.05) is 35.9 Å². The van der Waals surface area contributed by atoms with Gasteiger partial charge >= 0.3 is 0 Å². The van der Waals surface area contributed by atoms with Crippen molar-refractivity contribution >= 4 is 17.3 Å². The Hall–Kier alpha value is -1.87. The number of methoxy groups -OCH3 is 1. The summed E-state index contributed by atoms with van der Waals surface area (Å²) >= 11 is 5.91. The Morgan fingerprint density at radius 2 is 1.89 bits per heavy atom. The molecule has 3 nitrogen and oxygen atoms in total. The number of phenolic OH excluding ortho intramolecular Hbond substituents is 1. The predicted octanol–water partition coefficient (Wildman–Crippen LogP) is 3.69. The molecule has 0 aliphatic heterocycles. The van der Waals surface area contributed by atoms with Crippen LogP contribution in [0.4, 0.5) is 5.69 Å². The molecule has 0 aromatic heterocycles. The van der Waals surface area contributed by atoms with Gasteiger partial charge in [0.05, 0.1) is 17.8 Å². The van der Waals surface area contributed by atoms with E-state index in [1.54, 1.807) is 13.2 Å². The number of ether oxygens (including phenoxy) is 1. The van der Waals surface area contributed by atoms with E-state index in [0.717, 1.165) is 17.0 Å². The molecule has 0 aliphatic carbocycles. The second kappa shape index (κ2) is 5.85. The van der Waals surface area contributed by atoms with Gasteiger partial charge in [-0.3, -0.25) is 0 Å². The number of aromatic hydroxyl groups is 1. The van der Waals surface area contributed by atoms with Gasteiger partial charge in [-0.25, -0.2) is 0 Å². The molecule has 0 amide bonds. The van der Waals surface area contributed by atoms with Crippen LogP contribution in [0.5, 0.6) is 11.5 Å². The molecule has 0 aliphatic rings. The zero-order valence-corrected chi connectivity index (χ0v) is 11.7. The number of para-hydroxylation sites is 3. The summed E-state index contributed by atoms with van der Waals surface area (Å²) in [5.74, 6) is 0.928. The molecule has 2 aromatic rings. The Balaban J connectivity index is 2.26. The third-order valence-electron chi connectivity index (χ3n) is 2.97. The average Bonchev–Trinajstić information content (AvgIpc) is 2.43. The summed E-state index contributed by atoms with van der Waals surface area (Å²) in [4.78, 5) is 2.00. The lowest BCUT2D eigenvalue weighted by molar-refractivity contribution is 0.414. The summed E-state index contributed by atoms with van der Waals surface area (Å²) in [6.45, 7) is 0.548. The molecule has 0 unspecified atom stereocenters. The van der Waals surface area contributed by atoms with Crippen molar-refractivity contribution < 1.29 is 9.84 Å². The fourth-order valence-electron chi connectivity index (χ4n) is 1.97. The molecule has 0 fully saturated rings. The predicted molar refractivity (Wildman–Crippen MR) is 78.2 cm³/mol. The van der Waals surface area contributed by atoms with Crippen LogP contribution in [0.2, 0.25) is 5.02 Å². The number of halogens is 1. The zero-order valence-electron chi connectivity index (χ0n) is 10.9. The Morgan fingerprint density at radius 1 is 1.16 bits per heavy atom. The lowest BCUT2D eigenvalue weighted by atomic mass is 10.1. The van der Waals surface area contributed by atoms with Crippen LogP contribution in [-0.4, -0.2) is 19.3 Å². The van der Waals surface area contributed by atoms with Crippen molar-refractivity contribution in [1.82, 2.24) is 0 Å². The highest BCUT2D eigenvalue weighted by Gasteiger charge is 2.11. The molecule has 0 saturated heterocycles. The summed E-state index contributed by atoms with van der Waals surface area (Å²) in [5.41, 5.74) is 1.74. The summed E-state index contributed by atoms with van der Waals surface area (Å²) in [5, 5.41) is 10.3. The summed E-state index contributed by atoms with van der Waals surface area (Å²) in [6.07, 6.45) is 0. The van der Waals surface area contributed by atoms with Crippen LogP contribution in [0.25, 0.3) is 0 Å². The van der Waals surface area contributed by atoms with E-state index in [2.05, 4.69) is 0 Å². The maximum atomic E-state index is 9.93. The highest BCUT2D eigenvalue weighted by atomic mass is 35.5. The molecule has 2 rings (SSSR count). The normalized spacial score (nSPS) is 10.3. The van der Waals surface area contributed by atoms with E-state index in [1.165, 1.54) is 0 Å². The number of benzene rings is 2. The first-order valence-corrected chi connectivity index (χ1v) is 6.31. The Labute approximate surface area is 118 Å². The van der Waals surface area contributed by atoms with Crippen molar-refractivity contribution in [2.45, 2.75) is 6.54 Å². The van der Waals surface area contributed by atoms with Crippen molar-refractivity contribution in [3.63, 3.8) is 0 Å². The Kier molecular flexibility index (Phi) is 4.17. The molecule has 0 radical (unpaired) electrons. The lowest BCUT2D eigenvalue weighted by Gasteiger charge is -2.22. The van der Waals surface area contributed by atoms with Crippen LogP contribution in [0.1, 0.15) is 5.56 Å². The minimum Gasteiger partial charge on any atom is -0.506 e. The Morgan fingerprint density at radius 3 is 2.63 bits per heavy atom. The van der Waals surface area contributed by atoms with Gasteiger partial charge < -0.3 is 14.7 Å². The smallest absolute Gasteiger partial charge is 0.142 e. The monoisotopic (exact) mass is 277 g/mol. The van der Waals surface area contributed by atoms with Gasteiger partial charge in [0.25, 0.3) is 0 Å². The van der Waals surface area contributed by atoms with Crippen molar-refractivity contribution in [3.8, 4) is 11.5 Å². The number of hydrogen-bond donors (Lipinski definition) is 1. The van der Waals surface area contributed by atoms with Crippen LogP contribution in [0.3, 0.4) is 0 Å². The molecule has 4 heteroatoms. The standard InChI is InChI=1S/C15H16ClNO2/c1-17(13-8-3-4-9-14(13)19-2)10-11-6-5-7-12(16)15(11)18/h3-9,18H,10H2,1-2H3. The van der Waals surface area contributed by atoms with Crippen molar-refractivity contribution in [2.24, 2.45) is 0 Å². The van der Waals surface area contributed by atoms with Crippen LogP contribution in [-0.2, 0) is 6.54 Å². The first-order chi connectivity index (χ1) is 9.13. The fourth-order valence-corrected chi connectivity index (χ4v) is 2.17. The fraction of sp³-hybridized carbons (Fsp3) is 0.200. The second-order valence-corrected chi connectivity index (χ2v) is 4.68. The van der Waals surface area contributed by atoms with Gasteiger partial charge in [0, 0.05) is 19.2 Å². The molecular weight excluding hydrogens is 262 g/mol. The van der Waals surface area contributed by atoms with Crippen molar-refractivity contribution in [2.75, 3.05) is 19.1 Å². The Bertz CT molecular complexity index is 572. The number of nitrogens with zero attached hydrogens (tertiary/aromatic N) is 1. The molecule has 0 heterocycles. The van der Waals surface area contributed by atoms with Gasteiger partial charge in [-0.2, -0.15) is 0 Å². The highest BCUT2D eigenvalue weighted by Crippen LogP contribution is 2.31. The van der Waals surface area contributed by atoms with Crippen molar-refractivity contribution in [3.05, 3.63) is 53.1 Å². The first kappa shape index (κ1) is 13.6. The first-order valence-electron chi connectivity index (χ1n) is 5.94. The SMILES string of the molecule is COc1ccccc1N(C)Cc1cccc(Cl)c1O. The van der Waals surface area contributed by atoms with E-state index in [-0.39, 0.29) is 5.75 Å². The molecule has 2 aromatic carbocycles. The third kappa shape index (κ3) is 2.93. The van der Waals surface area contributed by atoms with E-state index >= 15 is 0 Å². The molecule has 100 valence electrons. The molecule has 0 spiro atoms. The maximum Gasteiger partial charge on any atom is 0.142 e. The van der Waals surface area contributed by atoms with E-state index < -0.39 is 0 Å². The number of phenols is 1. The van der Waals surface area contributed by atoms with E-state index in [9.17, 15) is 5.11 Å².